The molecule has 1 rings (SSSR count). The largest absolute Gasteiger partial charge is 0.397 e. The number of nitrogens with zero attached hydrogens (tertiary/aromatic N) is 1. The van der Waals surface area contributed by atoms with Crippen molar-refractivity contribution in [3.8, 4) is 0 Å². The summed E-state index contributed by atoms with van der Waals surface area (Å²) in [6, 6.07) is 5.10. The number of rotatable bonds is 6. The summed E-state index contributed by atoms with van der Waals surface area (Å²) in [6.07, 6.45) is 1.17. The highest BCUT2D eigenvalue weighted by atomic mass is 32.2. The fourth-order valence-electron chi connectivity index (χ4n) is 1.87. The molecule has 19 heavy (non-hydrogen) atoms. The van der Waals surface area contributed by atoms with Crippen LogP contribution in [0.2, 0.25) is 0 Å². The Bertz CT molecular complexity index is 527. The zero-order valence-corrected chi connectivity index (χ0v) is 12.7. The number of hydrogen-bond acceptors (Lipinski definition) is 5. The Labute approximate surface area is 115 Å². The van der Waals surface area contributed by atoms with Crippen LogP contribution in [0.3, 0.4) is 0 Å². The molecule has 108 valence electrons. The molecular formula is C13H22N2O3S. The van der Waals surface area contributed by atoms with Crippen molar-refractivity contribution in [1.82, 2.24) is 0 Å². The zero-order chi connectivity index (χ0) is 14.6. The van der Waals surface area contributed by atoms with E-state index in [0.29, 0.717) is 18.8 Å². The Morgan fingerprint density at radius 1 is 1.37 bits per heavy atom. The highest BCUT2D eigenvalue weighted by Crippen LogP contribution is 2.27. The van der Waals surface area contributed by atoms with Crippen LogP contribution in [0.5, 0.6) is 0 Å². The molecule has 0 aromatic heterocycles. The van der Waals surface area contributed by atoms with Crippen LogP contribution in [0.25, 0.3) is 0 Å². The lowest BCUT2D eigenvalue weighted by molar-refractivity contribution is 0.204. The molecule has 0 fully saturated rings. The fraction of sp³-hybridized carbons (Fsp3) is 0.538. The van der Waals surface area contributed by atoms with Gasteiger partial charge in [-0.05, 0) is 32.0 Å². The minimum Gasteiger partial charge on any atom is -0.397 e. The van der Waals surface area contributed by atoms with Crippen molar-refractivity contribution in [2.45, 2.75) is 24.8 Å². The van der Waals surface area contributed by atoms with Gasteiger partial charge in [-0.3, -0.25) is 0 Å². The maximum atomic E-state index is 11.5. The van der Waals surface area contributed by atoms with E-state index in [-0.39, 0.29) is 10.9 Å². The molecule has 2 N–H and O–H groups in total. The SMILES string of the molecule is COCCN(c1ccc(S(C)(=O)=O)cc1N)C(C)C. The van der Waals surface area contributed by atoms with Gasteiger partial charge in [-0.25, -0.2) is 8.42 Å². The third-order valence-electron chi connectivity index (χ3n) is 2.90. The number of hydrogen-bond donors (Lipinski definition) is 1. The molecule has 0 bridgehead atoms. The summed E-state index contributed by atoms with van der Waals surface area (Å²) in [6.45, 7) is 5.40. The number of ether oxygens (including phenoxy) is 1. The van der Waals surface area contributed by atoms with Gasteiger partial charge >= 0.3 is 0 Å². The van der Waals surface area contributed by atoms with Gasteiger partial charge in [0.15, 0.2) is 9.84 Å². The number of sulfone groups is 1. The van der Waals surface area contributed by atoms with E-state index in [2.05, 4.69) is 18.7 Å². The van der Waals surface area contributed by atoms with E-state index in [9.17, 15) is 8.42 Å². The van der Waals surface area contributed by atoms with Crippen LogP contribution in [0.4, 0.5) is 11.4 Å². The van der Waals surface area contributed by atoms with E-state index in [1.54, 1.807) is 19.2 Å². The predicted octanol–water partition coefficient (Wildman–Crippen LogP) is 1.53. The maximum absolute atomic E-state index is 11.5. The first-order valence-electron chi connectivity index (χ1n) is 6.12. The van der Waals surface area contributed by atoms with Gasteiger partial charge in [0.05, 0.1) is 22.9 Å². The van der Waals surface area contributed by atoms with Crippen molar-refractivity contribution >= 4 is 21.2 Å². The normalized spacial score (nSPS) is 11.8. The van der Waals surface area contributed by atoms with E-state index in [0.717, 1.165) is 5.69 Å². The Morgan fingerprint density at radius 2 is 2.00 bits per heavy atom. The summed E-state index contributed by atoms with van der Waals surface area (Å²) in [5.74, 6) is 0. The molecule has 5 nitrogen and oxygen atoms in total. The van der Waals surface area contributed by atoms with E-state index >= 15 is 0 Å². The van der Waals surface area contributed by atoms with Crippen LogP contribution in [0, 0.1) is 0 Å². The monoisotopic (exact) mass is 286 g/mol. The summed E-state index contributed by atoms with van der Waals surface area (Å²) in [5.41, 5.74) is 7.28. The number of methoxy groups -OCH3 is 1. The van der Waals surface area contributed by atoms with E-state index in [4.69, 9.17) is 10.5 Å². The summed E-state index contributed by atoms with van der Waals surface area (Å²) < 4.78 is 28.0. The van der Waals surface area contributed by atoms with Crippen molar-refractivity contribution in [3.05, 3.63) is 18.2 Å². The number of nitrogens with two attached hydrogens (primary N) is 1. The third-order valence-corrected chi connectivity index (χ3v) is 4.01. The minimum absolute atomic E-state index is 0.240. The Kier molecular flexibility index (Phi) is 5.20. The van der Waals surface area contributed by atoms with Gasteiger partial charge in [0.25, 0.3) is 0 Å². The van der Waals surface area contributed by atoms with Gasteiger partial charge in [0, 0.05) is 26.0 Å². The second-order valence-electron chi connectivity index (χ2n) is 4.77. The minimum atomic E-state index is -3.23. The number of anilines is 2. The van der Waals surface area contributed by atoms with Crippen LogP contribution in [-0.2, 0) is 14.6 Å². The molecule has 0 aliphatic heterocycles. The van der Waals surface area contributed by atoms with Gasteiger partial charge in [-0.1, -0.05) is 0 Å². The molecule has 0 radical (unpaired) electrons. The second kappa shape index (κ2) is 6.25. The number of benzene rings is 1. The summed E-state index contributed by atoms with van der Waals surface area (Å²) in [7, 11) is -1.58. The summed E-state index contributed by atoms with van der Waals surface area (Å²) >= 11 is 0. The van der Waals surface area contributed by atoms with E-state index in [1.807, 2.05) is 0 Å². The van der Waals surface area contributed by atoms with Crippen molar-refractivity contribution in [2.24, 2.45) is 0 Å². The molecule has 0 aliphatic rings. The third kappa shape index (κ3) is 4.11. The Morgan fingerprint density at radius 3 is 2.42 bits per heavy atom. The first-order valence-corrected chi connectivity index (χ1v) is 8.01. The van der Waals surface area contributed by atoms with Gasteiger partial charge in [-0.2, -0.15) is 0 Å². The molecule has 0 heterocycles. The zero-order valence-electron chi connectivity index (χ0n) is 11.9. The molecule has 0 amide bonds. The van der Waals surface area contributed by atoms with Crippen molar-refractivity contribution in [1.29, 1.82) is 0 Å². The average molecular weight is 286 g/mol. The summed E-state index contributed by atoms with van der Waals surface area (Å²) in [4.78, 5) is 2.33. The van der Waals surface area contributed by atoms with Crippen LogP contribution in [0.1, 0.15) is 13.8 Å². The van der Waals surface area contributed by atoms with Crippen LogP contribution < -0.4 is 10.6 Å². The van der Waals surface area contributed by atoms with Crippen LogP contribution >= 0.6 is 0 Å². The van der Waals surface area contributed by atoms with Gasteiger partial charge in [-0.15, -0.1) is 0 Å². The highest BCUT2D eigenvalue weighted by molar-refractivity contribution is 7.90. The van der Waals surface area contributed by atoms with Crippen molar-refractivity contribution in [2.75, 3.05) is 37.2 Å². The topological polar surface area (TPSA) is 72.6 Å². The maximum Gasteiger partial charge on any atom is 0.175 e. The molecule has 0 spiro atoms. The van der Waals surface area contributed by atoms with Crippen molar-refractivity contribution < 1.29 is 13.2 Å². The van der Waals surface area contributed by atoms with Crippen LogP contribution in [-0.4, -0.2) is 41.0 Å². The quantitative estimate of drug-likeness (QED) is 0.803. The Hall–Kier alpha value is -1.27. The lowest BCUT2D eigenvalue weighted by atomic mass is 10.2. The van der Waals surface area contributed by atoms with Crippen molar-refractivity contribution in [3.63, 3.8) is 0 Å². The van der Waals surface area contributed by atoms with Gasteiger partial charge in [0.2, 0.25) is 0 Å². The number of nitrogen functional groups attached to an aromatic ring is 1. The lowest BCUT2D eigenvalue weighted by Gasteiger charge is -2.30. The van der Waals surface area contributed by atoms with Crippen LogP contribution in [0.15, 0.2) is 23.1 Å². The van der Waals surface area contributed by atoms with Gasteiger partial charge in [0.1, 0.15) is 0 Å². The van der Waals surface area contributed by atoms with Gasteiger partial charge < -0.3 is 15.4 Å². The predicted molar refractivity (Wildman–Crippen MR) is 78.3 cm³/mol. The summed E-state index contributed by atoms with van der Waals surface area (Å²) in [5, 5.41) is 0. The van der Waals surface area contributed by atoms with E-state index < -0.39 is 9.84 Å². The first kappa shape index (κ1) is 15.8. The molecule has 0 saturated heterocycles. The molecule has 1 aromatic rings. The Balaban J connectivity index is 3.12. The molecule has 0 atom stereocenters. The fourth-order valence-corrected chi connectivity index (χ4v) is 2.53. The molecule has 0 unspecified atom stereocenters. The smallest absolute Gasteiger partial charge is 0.175 e. The first-order chi connectivity index (χ1) is 8.77. The standard InChI is InChI=1S/C13H22N2O3S/c1-10(2)15(7-8-18-3)13-6-5-11(9-12(13)14)19(4,16)17/h5-6,9-10H,7-8,14H2,1-4H3. The average Bonchev–Trinajstić information content (AvgIpc) is 2.29. The second-order valence-corrected chi connectivity index (χ2v) is 6.79. The molecule has 6 heteroatoms. The molecule has 0 saturated carbocycles. The molecule has 1 aromatic carbocycles. The lowest BCUT2D eigenvalue weighted by Crippen LogP contribution is -2.34. The molecular weight excluding hydrogens is 264 g/mol. The highest BCUT2D eigenvalue weighted by Gasteiger charge is 2.15. The van der Waals surface area contributed by atoms with E-state index in [1.165, 1.54) is 12.3 Å². The molecule has 0 aliphatic carbocycles.